The SMILES string of the molecule is CN(C)C(=O)Nc1ccc(S(=O)(=O)NS(=O)(=O)c2cccc3ccccc23)cc1. The van der Waals surface area contributed by atoms with Gasteiger partial charge in [-0.05, 0) is 35.7 Å². The number of nitrogens with one attached hydrogen (secondary N) is 2. The number of urea groups is 1. The Morgan fingerprint density at radius 3 is 2.07 bits per heavy atom. The van der Waals surface area contributed by atoms with E-state index in [4.69, 9.17) is 0 Å². The highest BCUT2D eigenvalue weighted by molar-refractivity contribution is 8.04. The Kier molecular flexibility index (Phi) is 5.60. The predicted molar refractivity (Wildman–Crippen MR) is 111 cm³/mol. The first kappa shape index (κ1) is 20.8. The molecule has 2 amide bonds. The summed E-state index contributed by atoms with van der Waals surface area (Å²) in [6, 6.07) is 16.2. The molecule has 0 radical (unpaired) electrons. The van der Waals surface area contributed by atoms with E-state index in [1.54, 1.807) is 54.6 Å². The number of hydrogen-bond donors (Lipinski definition) is 2. The van der Waals surface area contributed by atoms with Crippen molar-refractivity contribution in [3.63, 3.8) is 0 Å². The number of rotatable bonds is 5. The van der Waals surface area contributed by atoms with Crippen LogP contribution in [0.4, 0.5) is 10.5 Å². The summed E-state index contributed by atoms with van der Waals surface area (Å²) in [5, 5.41) is 3.66. The van der Waals surface area contributed by atoms with Crippen LogP contribution in [0.3, 0.4) is 0 Å². The normalized spacial score (nSPS) is 11.9. The Labute approximate surface area is 169 Å². The molecule has 0 saturated carbocycles. The highest BCUT2D eigenvalue weighted by Gasteiger charge is 2.26. The molecule has 2 N–H and O–H groups in total. The second kappa shape index (κ2) is 7.82. The minimum Gasteiger partial charge on any atom is -0.331 e. The summed E-state index contributed by atoms with van der Waals surface area (Å²) >= 11 is 0. The number of nitrogens with zero attached hydrogens (tertiary/aromatic N) is 1. The van der Waals surface area contributed by atoms with Crippen molar-refractivity contribution in [1.82, 2.24) is 9.03 Å². The quantitative estimate of drug-likeness (QED) is 0.642. The molecular formula is C19H19N3O5S2. The second-order valence-electron chi connectivity index (χ2n) is 6.42. The van der Waals surface area contributed by atoms with Crippen LogP contribution in [-0.4, -0.2) is 41.9 Å². The zero-order valence-electron chi connectivity index (χ0n) is 15.7. The highest BCUT2D eigenvalue weighted by atomic mass is 32.3. The molecule has 0 aromatic heterocycles. The van der Waals surface area contributed by atoms with Crippen molar-refractivity contribution in [2.24, 2.45) is 0 Å². The molecule has 0 atom stereocenters. The molecule has 0 heterocycles. The summed E-state index contributed by atoms with van der Waals surface area (Å²) in [5.74, 6) is 0. The van der Waals surface area contributed by atoms with Gasteiger partial charge in [0.25, 0.3) is 20.0 Å². The lowest BCUT2D eigenvalue weighted by atomic mass is 10.1. The predicted octanol–water partition coefficient (Wildman–Crippen LogP) is 2.60. The molecule has 0 unspecified atom stereocenters. The van der Waals surface area contributed by atoms with Crippen molar-refractivity contribution in [2.45, 2.75) is 9.79 Å². The molecule has 0 aliphatic carbocycles. The topological polar surface area (TPSA) is 113 Å². The number of carbonyl (C=O) groups is 1. The number of fused-ring (bicyclic) bond motifs is 1. The van der Waals surface area contributed by atoms with Crippen molar-refractivity contribution in [2.75, 3.05) is 19.4 Å². The molecule has 0 aliphatic rings. The molecule has 0 aliphatic heterocycles. The molecule has 3 aromatic rings. The molecule has 152 valence electrons. The van der Waals surface area contributed by atoms with Gasteiger partial charge in [-0.1, -0.05) is 36.4 Å². The van der Waals surface area contributed by atoms with Gasteiger partial charge in [0.15, 0.2) is 0 Å². The average Bonchev–Trinajstić information content (AvgIpc) is 2.67. The number of anilines is 1. The fourth-order valence-corrected chi connectivity index (χ4v) is 5.75. The van der Waals surface area contributed by atoms with E-state index >= 15 is 0 Å². The maximum atomic E-state index is 12.8. The molecular weight excluding hydrogens is 414 g/mol. The van der Waals surface area contributed by atoms with Crippen molar-refractivity contribution >= 4 is 42.5 Å². The first-order valence-electron chi connectivity index (χ1n) is 8.45. The van der Waals surface area contributed by atoms with E-state index in [1.165, 1.54) is 35.2 Å². The molecule has 0 spiro atoms. The Morgan fingerprint density at radius 2 is 1.41 bits per heavy atom. The van der Waals surface area contributed by atoms with Crippen molar-refractivity contribution in [1.29, 1.82) is 0 Å². The van der Waals surface area contributed by atoms with Gasteiger partial charge in [-0.25, -0.2) is 21.6 Å². The second-order valence-corrected chi connectivity index (χ2v) is 10.0. The maximum absolute atomic E-state index is 12.8. The van der Waals surface area contributed by atoms with Gasteiger partial charge in [0.2, 0.25) is 0 Å². The minimum atomic E-state index is -4.36. The smallest absolute Gasteiger partial charge is 0.321 e. The van der Waals surface area contributed by atoms with Gasteiger partial charge < -0.3 is 10.2 Å². The Hall–Kier alpha value is -2.95. The van der Waals surface area contributed by atoms with Gasteiger partial charge in [-0.15, -0.1) is 4.13 Å². The molecule has 29 heavy (non-hydrogen) atoms. The van der Waals surface area contributed by atoms with Crippen molar-refractivity contribution in [3.8, 4) is 0 Å². The Bertz CT molecular complexity index is 1260. The van der Waals surface area contributed by atoms with E-state index in [-0.39, 0.29) is 15.8 Å². The Morgan fingerprint density at radius 1 is 0.793 bits per heavy atom. The summed E-state index contributed by atoms with van der Waals surface area (Å²) in [6.45, 7) is 0. The van der Waals surface area contributed by atoms with Gasteiger partial charge in [-0.2, -0.15) is 0 Å². The van der Waals surface area contributed by atoms with Crippen LogP contribution in [0.2, 0.25) is 0 Å². The number of amides is 2. The first-order valence-corrected chi connectivity index (χ1v) is 11.4. The largest absolute Gasteiger partial charge is 0.331 e. The summed E-state index contributed by atoms with van der Waals surface area (Å²) in [7, 11) is -5.57. The fourth-order valence-electron chi connectivity index (χ4n) is 2.62. The van der Waals surface area contributed by atoms with Crippen molar-refractivity contribution in [3.05, 3.63) is 66.7 Å². The van der Waals surface area contributed by atoms with Crippen LogP contribution in [-0.2, 0) is 20.0 Å². The van der Waals surface area contributed by atoms with E-state index < -0.39 is 20.0 Å². The molecule has 0 saturated heterocycles. The Balaban J connectivity index is 1.89. The molecule has 0 bridgehead atoms. The molecule has 3 aromatic carbocycles. The van der Waals surface area contributed by atoms with E-state index in [9.17, 15) is 21.6 Å². The lowest BCUT2D eigenvalue weighted by Gasteiger charge is -2.13. The van der Waals surface area contributed by atoms with Crippen LogP contribution in [0, 0.1) is 0 Å². The molecule has 3 rings (SSSR count). The lowest BCUT2D eigenvalue weighted by Crippen LogP contribution is -2.31. The van der Waals surface area contributed by atoms with Gasteiger partial charge in [-0.3, -0.25) is 0 Å². The highest BCUT2D eigenvalue weighted by Crippen LogP contribution is 2.24. The summed E-state index contributed by atoms with van der Waals surface area (Å²) in [4.78, 5) is 12.6. The van der Waals surface area contributed by atoms with E-state index in [1.807, 2.05) is 0 Å². The van der Waals surface area contributed by atoms with Crippen LogP contribution < -0.4 is 9.44 Å². The zero-order valence-corrected chi connectivity index (χ0v) is 17.3. The van der Waals surface area contributed by atoms with Crippen molar-refractivity contribution < 1.29 is 21.6 Å². The summed E-state index contributed by atoms with van der Waals surface area (Å²) in [5.41, 5.74) is 0.375. The number of carbonyl (C=O) groups excluding carboxylic acids is 1. The number of benzene rings is 3. The van der Waals surface area contributed by atoms with Crippen LogP contribution in [0.25, 0.3) is 10.8 Å². The average molecular weight is 434 g/mol. The van der Waals surface area contributed by atoms with Gasteiger partial charge in [0, 0.05) is 25.2 Å². The zero-order chi connectivity index (χ0) is 21.2. The van der Waals surface area contributed by atoms with Gasteiger partial charge in [0.05, 0.1) is 9.79 Å². The molecule has 10 heteroatoms. The maximum Gasteiger partial charge on any atom is 0.321 e. The van der Waals surface area contributed by atoms with Gasteiger partial charge in [0.1, 0.15) is 0 Å². The minimum absolute atomic E-state index is 0.131. The van der Waals surface area contributed by atoms with E-state index in [0.717, 1.165) is 0 Å². The third-order valence-electron chi connectivity index (χ3n) is 4.08. The lowest BCUT2D eigenvalue weighted by molar-refractivity contribution is 0.230. The van der Waals surface area contributed by atoms with Crippen LogP contribution >= 0.6 is 0 Å². The third-order valence-corrected chi connectivity index (χ3v) is 7.66. The van der Waals surface area contributed by atoms with Crippen LogP contribution in [0.5, 0.6) is 0 Å². The standard InChI is InChI=1S/C19H19N3O5S2/c1-22(2)19(23)20-15-10-12-16(13-11-15)28(24,25)21-29(26,27)18-9-5-7-14-6-3-4-8-17(14)18/h3-13,21H,1-2H3,(H,20,23). The van der Waals surface area contributed by atoms with E-state index in [0.29, 0.717) is 16.5 Å². The summed E-state index contributed by atoms with van der Waals surface area (Å²) < 4.78 is 52.6. The number of hydrogen-bond acceptors (Lipinski definition) is 5. The van der Waals surface area contributed by atoms with Crippen LogP contribution in [0.1, 0.15) is 0 Å². The third kappa shape index (κ3) is 4.56. The molecule has 8 nitrogen and oxygen atoms in total. The fraction of sp³-hybridized carbons (Fsp3) is 0.105. The van der Waals surface area contributed by atoms with Crippen LogP contribution in [0.15, 0.2) is 76.5 Å². The molecule has 0 fully saturated rings. The summed E-state index contributed by atoms with van der Waals surface area (Å²) in [6.07, 6.45) is 0. The van der Waals surface area contributed by atoms with Gasteiger partial charge >= 0.3 is 6.03 Å². The monoisotopic (exact) mass is 433 g/mol. The first-order chi connectivity index (χ1) is 13.6. The number of sulfonamides is 2. The van der Waals surface area contributed by atoms with E-state index in [2.05, 4.69) is 5.32 Å².